The van der Waals surface area contributed by atoms with E-state index in [1.807, 2.05) is 37.1 Å². The number of ether oxygens (including phenoxy) is 3. The predicted octanol–water partition coefficient (Wildman–Crippen LogP) is 4.01. The summed E-state index contributed by atoms with van der Waals surface area (Å²) in [4.78, 5) is 27.1. The van der Waals surface area contributed by atoms with E-state index in [2.05, 4.69) is 0 Å². The summed E-state index contributed by atoms with van der Waals surface area (Å²) >= 11 is 0. The number of rotatable bonds is 9. The molecule has 182 valence electrons. The van der Waals surface area contributed by atoms with Crippen LogP contribution >= 0.6 is 0 Å². The number of allylic oxidation sites excluding steroid dienone is 1. The Kier molecular flexibility index (Phi) is 9.32. The van der Waals surface area contributed by atoms with Crippen molar-refractivity contribution in [3.8, 4) is 0 Å². The summed E-state index contributed by atoms with van der Waals surface area (Å²) in [6, 6.07) is 7.48. The smallest absolute Gasteiger partial charge is 0.337 e. The summed E-state index contributed by atoms with van der Waals surface area (Å²) < 4.78 is 16.9. The van der Waals surface area contributed by atoms with Crippen LogP contribution in [0.5, 0.6) is 0 Å². The van der Waals surface area contributed by atoms with Gasteiger partial charge in [-0.15, -0.1) is 0 Å². The summed E-state index contributed by atoms with van der Waals surface area (Å²) in [5.74, 6) is -0.421. The lowest BCUT2D eigenvalue weighted by molar-refractivity contribution is -0.170. The molecule has 3 rings (SSSR count). The number of hydrogen-bond acceptors (Lipinski definition) is 6. The molecule has 33 heavy (non-hydrogen) atoms. The molecule has 1 aromatic carbocycles. The molecule has 7 heteroatoms. The first-order chi connectivity index (χ1) is 16.0. The maximum Gasteiger partial charge on any atom is 0.337 e. The van der Waals surface area contributed by atoms with Gasteiger partial charge in [0, 0.05) is 38.1 Å². The third kappa shape index (κ3) is 6.15. The van der Waals surface area contributed by atoms with Crippen molar-refractivity contribution in [1.82, 2.24) is 4.90 Å². The van der Waals surface area contributed by atoms with Gasteiger partial charge in [0.15, 0.2) is 5.76 Å². The Morgan fingerprint density at radius 1 is 1.15 bits per heavy atom. The van der Waals surface area contributed by atoms with E-state index in [1.165, 1.54) is 13.5 Å². The Labute approximate surface area is 196 Å². The molecule has 0 radical (unpaired) electrons. The van der Waals surface area contributed by atoms with E-state index in [0.29, 0.717) is 30.8 Å². The minimum atomic E-state index is -0.587. The standard InChI is InChI=1S/C26H37NO6/c1-4-32-26-21(11-8-16-28)22(18-12-14-19(15-13-18)25(30)31-3)17-23(33-26)24(29)27(2)20-9-6-5-7-10-20/h12-15,17,20-22,26,28H,4-11,16H2,1-3H3/t21-,22+,26+/m1/s1. The van der Waals surface area contributed by atoms with E-state index in [1.54, 1.807) is 12.1 Å². The number of carbonyl (C=O) groups excluding carboxylic acids is 2. The summed E-state index contributed by atoms with van der Waals surface area (Å²) in [5, 5.41) is 9.44. The van der Waals surface area contributed by atoms with Crippen LogP contribution in [-0.4, -0.2) is 61.6 Å². The second-order valence-electron chi connectivity index (χ2n) is 8.85. The number of amides is 1. The van der Waals surface area contributed by atoms with Gasteiger partial charge in [0.1, 0.15) is 0 Å². The van der Waals surface area contributed by atoms with Gasteiger partial charge in [0.25, 0.3) is 5.91 Å². The van der Waals surface area contributed by atoms with Gasteiger partial charge in [-0.3, -0.25) is 4.79 Å². The Balaban J connectivity index is 1.93. The largest absolute Gasteiger partial charge is 0.465 e. The minimum absolute atomic E-state index is 0.0717. The zero-order valence-corrected chi connectivity index (χ0v) is 20.0. The summed E-state index contributed by atoms with van der Waals surface area (Å²) in [5.41, 5.74) is 1.43. The highest BCUT2D eigenvalue weighted by Gasteiger charge is 2.39. The van der Waals surface area contributed by atoms with Crippen LogP contribution < -0.4 is 0 Å². The van der Waals surface area contributed by atoms with Gasteiger partial charge < -0.3 is 24.2 Å². The van der Waals surface area contributed by atoms with E-state index in [0.717, 1.165) is 31.2 Å². The fraction of sp³-hybridized carbons (Fsp3) is 0.615. The lowest BCUT2D eigenvalue weighted by Gasteiger charge is -2.39. The molecule has 1 N–H and O–H groups in total. The number of hydrogen-bond donors (Lipinski definition) is 1. The minimum Gasteiger partial charge on any atom is -0.465 e. The van der Waals surface area contributed by atoms with E-state index in [9.17, 15) is 14.7 Å². The fourth-order valence-corrected chi connectivity index (χ4v) is 4.90. The second-order valence-corrected chi connectivity index (χ2v) is 8.85. The quantitative estimate of drug-likeness (QED) is 0.562. The maximum atomic E-state index is 13.4. The van der Waals surface area contributed by atoms with Gasteiger partial charge in [0.2, 0.25) is 6.29 Å². The molecule has 0 bridgehead atoms. The summed E-state index contributed by atoms with van der Waals surface area (Å²) in [6.07, 6.45) is 8.13. The lowest BCUT2D eigenvalue weighted by Crippen LogP contribution is -2.43. The van der Waals surface area contributed by atoms with Gasteiger partial charge in [0.05, 0.1) is 12.7 Å². The van der Waals surface area contributed by atoms with Crippen LogP contribution in [-0.2, 0) is 19.0 Å². The van der Waals surface area contributed by atoms with Gasteiger partial charge >= 0.3 is 5.97 Å². The molecule has 1 aliphatic heterocycles. The molecule has 1 saturated carbocycles. The number of methoxy groups -OCH3 is 1. The number of carbonyl (C=O) groups is 2. The molecule has 1 fully saturated rings. The Morgan fingerprint density at radius 3 is 2.45 bits per heavy atom. The van der Waals surface area contributed by atoms with Crippen molar-refractivity contribution >= 4 is 11.9 Å². The molecular formula is C26H37NO6. The molecule has 3 atom stereocenters. The van der Waals surface area contributed by atoms with Crippen molar-refractivity contribution in [1.29, 1.82) is 0 Å². The van der Waals surface area contributed by atoms with Crippen molar-refractivity contribution in [3.63, 3.8) is 0 Å². The van der Waals surface area contributed by atoms with E-state index >= 15 is 0 Å². The molecule has 7 nitrogen and oxygen atoms in total. The highest BCUT2D eigenvalue weighted by molar-refractivity contribution is 5.92. The maximum absolute atomic E-state index is 13.4. The zero-order chi connectivity index (χ0) is 23.8. The first-order valence-electron chi connectivity index (χ1n) is 12.1. The average Bonchev–Trinajstić information content (AvgIpc) is 2.87. The highest BCUT2D eigenvalue weighted by atomic mass is 16.7. The van der Waals surface area contributed by atoms with Gasteiger partial charge in [-0.1, -0.05) is 31.4 Å². The fourth-order valence-electron chi connectivity index (χ4n) is 4.90. The molecule has 0 unspecified atom stereocenters. The normalized spacial score (nSPS) is 23.4. The topological polar surface area (TPSA) is 85.3 Å². The molecule has 1 amide bonds. The van der Waals surface area contributed by atoms with Crippen molar-refractivity contribution in [2.24, 2.45) is 5.92 Å². The average molecular weight is 460 g/mol. The third-order valence-electron chi connectivity index (χ3n) is 6.78. The third-order valence-corrected chi connectivity index (χ3v) is 6.78. The van der Waals surface area contributed by atoms with E-state index in [-0.39, 0.29) is 30.4 Å². The van der Waals surface area contributed by atoms with Crippen molar-refractivity contribution in [2.75, 3.05) is 27.4 Å². The van der Waals surface area contributed by atoms with Crippen LogP contribution in [0.15, 0.2) is 36.1 Å². The van der Waals surface area contributed by atoms with Crippen LogP contribution in [0.3, 0.4) is 0 Å². The highest BCUT2D eigenvalue weighted by Crippen LogP contribution is 2.40. The van der Waals surface area contributed by atoms with Crippen LogP contribution in [0.25, 0.3) is 0 Å². The van der Waals surface area contributed by atoms with Crippen LogP contribution in [0.1, 0.15) is 73.7 Å². The van der Waals surface area contributed by atoms with Gasteiger partial charge in [-0.05, 0) is 56.4 Å². The van der Waals surface area contributed by atoms with Crippen molar-refractivity contribution in [2.45, 2.75) is 70.1 Å². The molecule has 1 aromatic rings. The number of aliphatic hydroxyl groups excluding tert-OH is 1. The summed E-state index contributed by atoms with van der Waals surface area (Å²) in [7, 11) is 3.21. The molecular weight excluding hydrogens is 422 g/mol. The zero-order valence-electron chi connectivity index (χ0n) is 20.0. The van der Waals surface area contributed by atoms with E-state index < -0.39 is 12.3 Å². The predicted molar refractivity (Wildman–Crippen MR) is 125 cm³/mol. The summed E-state index contributed by atoms with van der Waals surface area (Å²) in [6.45, 7) is 2.43. The molecule has 0 aromatic heterocycles. The molecule has 0 saturated heterocycles. The first-order valence-corrected chi connectivity index (χ1v) is 12.1. The Morgan fingerprint density at radius 2 is 1.85 bits per heavy atom. The van der Waals surface area contributed by atoms with E-state index in [4.69, 9.17) is 14.2 Å². The number of aliphatic hydroxyl groups is 1. The second kappa shape index (κ2) is 12.2. The first kappa shape index (κ1) is 25.2. The lowest BCUT2D eigenvalue weighted by atomic mass is 9.80. The Bertz CT molecular complexity index is 815. The van der Waals surface area contributed by atoms with Gasteiger partial charge in [-0.2, -0.15) is 0 Å². The molecule has 0 spiro atoms. The van der Waals surface area contributed by atoms with Crippen LogP contribution in [0.4, 0.5) is 0 Å². The molecule has 1 aliphatic carbocycles. The van der Waals surface area contributed by atoms with Crippen LogP contribution in [0.2, 0.25) is 0 Å². The number of esters is 1. The number of likely N-dealkylation sites (N-methyl/N-ethyl adjacent to an activating group) is 1. The van der Waals surface area contributed by atoms with Crippen molar-refractivity contribution in [3.05, 3.63) is 47.2 Å². The Hall–Kier alpha value is -2.38. The van der Waals surface area contributed by atoms with Crippen molar-refractivity contribution < 1.29 is 28.9 Å². The van der Waals surface area contributed by atoms with Crippen LogP contribution in [0, 0.1) is 5.92 Å². The number of nitrogens with zero attached hydrogens (tertiary/aromatic N) is 1. The van der Waals surface area contributed by atoms with Gasteiger partial charge in [-0.25, -0.2) is 4.79 Å². The SMILES string of the molecule is CCO[C@H]1OC(C(=O)N(C)C2CCCCC2)=C[C@@H](c2ccc(C(=O)OC)cc2)[C@H]1CCCO. The molecule has 2 aliphatic rings. The number of benzene rings is 1. The monoisotopic (exact) mass is 459 g/mol. The molecule has 1 heterocycles.